The minimum absolute atomic E-state index is 0. The zero-order valence-electron chi connectivity index (χ0n) is 13.4. The molecule has 0 radical (unpaired) electrons. The first kappa shape index (κ1) is 18.2. The number of benzene rings is 1. The molecule has 6 heteroatoms. The number of nitrogens with zero attached hydrogens (tertiary/aromatic N) is 1. The van der Waals surface area contributed by atoms with Crippen LogP contribution >= 0.6 is 12.4 Å². The fourth-order valence-corrected chi connectivity index (χ4v) is 3.08. The normalized spacial score (nSPS) is 21.7. The Kier molecular flexibility index (Phi) is 7.30. The van der Waals surface area contributed by atoms with Gasteiger partial charge < -0.3 is 15.4 Å². The van der Waals surface area contributed by atoms with Gasteiger partial charge in [0.15, 0.2) is 0 Å². The van der Waals surface area contributed by atoms with Crippen LogP contribution in [0.2, 0.25) is 0 Å². The molecule has 0 aromatic heterocycles. The molecule has 1 amide bonds. The minimum atomic E-state index is -0.00321. The van der Waals surface area contributed by atoms with E-state index in [0.717, 1.165) is 57.8 Å². The van der Waals surface area contributed by atoms with Gasteiger partial charge in [0.2, 0.25) is 5.91 Å². The van der Waals surface area contributed by atoms with Crippen molar-refractivity contribution in [1.29, 1.82) is 0 Å². The van der Waals surface area contributed by atoms with Gasteiger partial charge in [-0.3, -0.25) is 9.69 Å². The lowest BCUT2D eigenvalue weighted by molar-refractivity contribution is -0.122. The molecule has 0 bridgehead atoms. The second-order valence-corrected chi connectivity index (χ2v) is 6.08. The van der Waals surface area contributed by atoms with E-state index in [-0.39, 0.29) is 24.4 Å². The number of rotatable bonds is 5. The molecule has 2 heterocycles. The second-order valence-electron chi connectivity index (χ2n) is 6.08. The van der Waals surface area contributed by atoms with Crippen LogP contribution in [0.25, 0.3) is 0 Å². The van der Waals surface area contributed by atoms with Crippen molar-refractivity contribution in [2.45, 2.75) is 32.0 Å². The SMILES string of the molecule is Cl.O=C(NCc1cccc(CN2CCOCC2)c1)C1CCCN1. The van der Waals surface area contributed by atoms with Gasteiger partial charge in [-0.1, -0.05) is 24.3 Å². The zero-order chi connectivity index (χ0) is 15.2. The topological polar surface area (TPSA) is 53.6 Å². The lowest BCUT2D eigenvalue weighted by Crippen LogP contribution is -2.40. The van der Waals surface area contributed by atoms with Crippen LogP contribution < -0.4 is 10.6 Å². The average molecular weight is 340 g/mol. The second kappa shape index (κ2) is 9.23. The number of morpholine rings is 1. The van der Waals surface area contributed by atoms with Gasteiger partial charge in [-0.25, -0.2) is 0 Å². The summed E-state index contributed by atoms with van der Waals surface area (Å²) in [5.41, 5.74) is 2.46. The zero-order valence-corrected chi connectivity index (χ0v) is 14.2. The first-order valence-electron chi connectivity index (χ1n) is 8.20. The fraction of sp³-hybridized carbons (Fsp3) is 0.588. The van der Waals surface area contributed by atoms with E-state index >= 15 is 0 Å². The highest BCUT2D eigenvalue weighted by molar-refractivity contribution is 5.85. The highest BCUT2D eigenvalue weighted by Crippen LogP contribution is 2.10. The van der Waals surface area contributed by atoms with Gasteiger partial charge in [-0.15, -0.1) is 12.4 Å². The van der Waals surface area contributed by atoms with Crippen molar-refractivity contribution in [3.05, 3.63) is 35.4 Å². The number of ether oxygens (including phenoxy) is 1. The van der Waals surface area contributed by atoms with Crippen LogP contribution in [0.1, 0.15) is 24.0 Å². The van der Waals surface area contributed by atoms with E-state index in [9.17, 15) is 4.79 Å². The van der Waals surface area contributed by atoms with Gasteiger partial charge in [0, 0.05) is 26.2 Å². The number of hydrogen-bond acceptors (Lipinski definition) is 4. The van der Waals surface area contributed by atoms with E-state index in [1.54, 1.807) is 0 Å². The third kappa shape index (κ3) is 5.46. The Bertz CT molecular complexity index is 500. The van der Waals surface area contributed by atoms with Crippen LogP contribution in [-0.2, 0) is 22.6 Å². The molecule has 2 aliphatic heterocycles. The number of carbonyl (C=O) groups is 1. The van der Waals surface area contributed by atoms with Gasteiger partial charge in [-0.05, 0) is 30.5 Å². The summed E-state index contributed by atoms with van der Waals surface area (Å²) in [6, 6.07) is 8.49. The van der Waals surface area contributed by atoms with Crippen molar-refractivity contribution in [2.24, 2.45) is 0 Å². The molecule has 2 N–H and O–H groups in total. The largest absolute Gasteiger partial charge is 0.379 e. The number of carbonyl (C=O) groups excluding carboxylic acids is 1. The Balaban J connectivity index is 0.00000192. The van der Waals surface area contributed by atoms with Gasteiger partial charge in [0.05, 0.1) is 19.3 Å². The molecule has 1 aromatic carbocycles. The molecule has 23 heavy (non-hydrogen) atoms. The molecule has 1 unspecified atom stereocenters. The van der Waals surface area contributed by atoms with Gasteiger partial charge >= 0.3 is 0 Å². The third-order valence-electron chi connectivity index (χ3n) is 4.34. The van der Waals surface area contributed by atoms with Crippen molar-refractivity contribution in [2.75, 3.05) is 32.8 Å². The molecule has 2 fully saturated rings. The first-order chi connectivity index (χ1) is 10.8. The fourth-order valence-electron chi connectivity index (χ4n) is 3.08. The quantitative estimate of drug-likeness (QED) is 0.849. The molecule has 1 aromatic rings. The Labute approximate surface area is 144 Å². The summed E-state index contributed by atoms with van der Waals surface area (Å²) in [7, 11) is 0. The van der Waals surface area contributed by atoms with Gasteiger partial charge in [0.1, 0.15) is 0 Å². The summed E-state index contributed by atoms with van der Waals surface area (Å²) in [5, 5.41) is 6.26. The summed E-state index contributed by atoms with van der Waals surface area (Å²) in [5.74, 6) is 0.121. The molecule has 3 rings (SSSR count). The van der Waals surface area contributed by atoms with E-state index < -0.39 is 0 Å². The van der Waals surface area contributed by atoms with Gasteiger partial charge in [0.25, 0.3) is 0 Å². The molecule has 1 atom stereocenters. The molecular weight excluding hydrogens is 314 g/mol. The van der Waals surface area contributed by atoms with Crippen molar-refractivity contribution < 1.29 is 9.53 Å². The first-order valence-corrected chi connectivity index (χ1v) is 8.20. The monoisotopic (exact) mass is 339 g/mol. The number of halogens is 1. The summed E-state index contributed by atoms with van der Waals surface area (Å²) < 4.78 is 5.38. The summed E-state index contributed by atoms with van der Waals surface area (Å²) in [4.78, 5) is 14.4. The summed E-state index contributed by atoms with van der Waals surface area (Å²) in [6.07, 6.45) is 2.04. The predicted octanol–water partition coefficient (Wildman–Crippen LogP) is 1.31. The maximum Gasteiger partial charge on any atom is 0.237 e. The third-order valence-corrected chi connectivity index (χ3v) is 4.34. The van der Waals surface area contributed by atoms with E-state index in [2.05, 4.69) is 39.8 Å². The molecule has 2 saturated heterocycles. The van der Waals surface area contributed by atoms with Crippen LogP contribution in [0.5, 0.6) is 0 Å². The lowest BCUT2D eigenvalue weighted by atomic mass is 10.1. The van der Waals surface area contributed by atoms with E-state index in [1.165, 1.54) is 5.56 Å². The van der Waals surface area contributed by atoms with Crippen molar-refractivity contribution >= 4 is 18.3 Å². The van der Waals surface area contributed by atoms with Crippen molar-refractivity contribution in [3.63, 3.8) is 0 Å². The van der Waals surface area contributed by atoms with Crippen molar-refractivity contribution in [3.8, 4) is 0 Å². The smallest absolute Gasteiger partial charge is 0.237 e. The van der Waals surface area contributed by atoms with E-state index in [0.29, 0.717) is 6.54 Å². The predicted molar refractivity (Wildman–Crippen MR) is 92.7 cm³/mol. The molecule has 0 spiro atoms. The van der Waals surface area contributed by atoms with Crippen LogP contribution in [0, 0.1) is 0 Å². The number of amides is 1. The maximum absolute atomic E-state index is 12.0. The van der Waals surface area contributed by atoms with E-state index in [4.69, 9.17) is 4.74 Å². The highest BCUT2D eigenvalue weighted by atomic mass is 35.5. The Morgan fingerprint density at radius 2 is 2.09 bits per heavy atom. The van der Waals surface area contributed by atoms with E-state index in [1.807, 2.05) is 0 Å². The Morgan fingerprint density at radius 3 is 2.83 bits per heavy atom. The highest BCUT2D eigenvalue weighted by Gasteiger charge is 2.21. The minimum Gasteiger partial charge on any atom is -0.379 e. The van der Waals surface area contributed by atoms with Crippen molar-refractivity contribution in [1.82, 2.24) is 15.5 Å². The molecule has 128 valence electrons. The number of nitrogens with one attached hydrogen (secondary N) is 2. The molecule has 2 aliphatic rings. The van der Waals surface area contributed by atoms with Gasteiger partial charge in [-0.2, -0.15) is 0 Å². The number of hydrogen-bond donors (Lipinski definition) is 2. The molecule has 5 nitrogen and oxygen atoms in total. The lowest BCUT2D eigenvalue weighted by Gasteiger charge is -2.26. The van der Waals surface area contributed by atoms with Crippen LogP contribution in [0.4, 0.5) is 0 Å². The van der Waals surface area contributed by atoms with Crippen LogP contribution in [-0.4, -0.2) is 49.7 Å². The molecular formula is C17H26ClN3O2. The summed E-state index contributed by atoms with van der Waals surface area (Å²) >= 11 is 0. The van der Waals surface area contributed by atoms with Crippen LogP contribution in [0.15, 0.2) is 24.3 Å². The Morgan fingerprint density at radius 1 is 1.30 bits per heavy atom. The average Bonchev–Trinajstić information content (AvgIpc) is 3.08. The molecule has 0 aliphatic carbocycles. The summed E-state index contributed by atoms with van der Waals surface area (Å²) in [6.45, 7) is 6.15. The molecule has 0 saturated carbocycles. The van der Waals surface area contributed by atoms with Crippen LogP contribution in [0.3, 0.4) is 0 Å². The maximum atomic E-state index is 12.0. The standard InChI is InChI=1S/C17H25N3O2.ClH/c21-17(16-5-2-6-18-16)19-12-14-3-1-4-15(11-14)13-20-7-9-22-10-8-20;/h1,3-4,11,16,18H,2,5-10,12-13H2,(H,19,21);1H. The Hall–Kier alpha value is -1.14.